The molecule has 1 aromatic heterocycles. The number of hydrogen-bond donors (Lipinski definition) is 2. The molecule has 0 bridgehead atoms. The number of carbonyl (C=O) groups is 1. The number of fused-ring (bicyclic) bond motifs is 1. The Hall–Kier alpha value is -4.13. The van der Waals surface area contributed by atoms with E-state index in [9.17, 15) is 14.9 Å². The highest BCUT2D eigenvalue weighted by Crippen LogP contribution is 2.31. The lowest BCUT2D eigenvalue weighted by Crippen LogP contribution is -2.29. The van der Waals surface area contributed by atoms with Crippen molar-refractivity contribution in [3.05, 3.63) is 106 Å². The van der Waals surface area contributed by atoms with Gasteiger partial charge >= 0.3 is 0 Å². The first kappa shape index (κ1) is 21.1. The molecule has 7 nitrogen and oxygen atoms in total. The van der Waals surface area contributed by atoms with Gasteiger partial charge in [0.1, 0.15) is 5.56 Å². The second-order valence-corrected chi connectivity index (χ2v) is 7.81. The van der Waals surface area contributed by atoms with Crippen LogP contribution < -0.4 is 10.2 Å². The topological polar surface area (TPSA) is 91.3 Å². The number of nitrogens with one attached hydrogen (secondary N) is 2. The number of nitro benzene ring substituents is 1. The first-order chi connectivity index (χ1) is 15.5. The van der Waals surface area contributed by atoms with E-state index in [2.05, 4.69) is 22.4 Å². The van der Waals surface area contributed by atoms with Gasteiger partial charge in [-0.1, -0.05) is 42.5 Å². The average Bonchev–Trinajstić information content (AvgIpc) is 3.23. The van der Waals surface area contributed by atoms with E-state index in [0.717, 1.165) is 27.7 Å². The molecule has 32 heavy (non-hydrogen) atoms. The molecule has 0 radical (unpaired) electrons. The quantitative estimate of drug-likeness (QED) is 0.330. The van der Waals surface area contributed by atoms with Crippen molar-refractivity contribution in [2.45, 2.75) is 5.92 Å². The molecule has 162 valence electrons. The van der Waals surface area contributed by atoms with Crippen LogP contribution in [0.3, 0.4) is 0 Å². The average molecular weight is 428 g/mol. The van der Waals surface area contributed by atoms with Crippen LogP contribution in [0, 0.1) is 10.1 Å². The maximum absolute atomic E-state index is 12.9. The number of nitrogens with zero attached hydrogens (tertiary/aromatic N) is 2. The van der Waals surface area contributed by atoms with Crippen molar-refractivity contribution < 1.29 is 9.72 Å². The van der Waals surface area contributed by atoms with Gasteiger partial charge in [-0.15, -0.1) is 0 Å². The predicted octanol–water partition coefficient (Wildman–Crippen LogP) is 4.70. The third-order valence-corrected chi connectivity index (χ3v) is 5.62. The van der Waals surface area contributed by atoms with E-state index < -0.39 is 10.8 Å². The van der Waals surface area contributed by atoms with Crippen molar-refractivity contribution in [3.8, 4) is 0 Å². The summed E-state index contributed by atoms with van der Waals surface area (Å²) in [6.07, 6.45) is 1.96. The zero-order chi connectivity index (χ0) is 22.7. The van der Waals surface area contributed by atoms with Crippen LogP contribution in [0.4, 0.5) is 11.4 Å². The normalized spacial score (nSPS) is 11.8. The smallest absolute Gasteiger partial charge is 0.282 e. The highest BCUT2D eigenvalue weighted by molar-refractivity contribution is 5.98. The van der Waals surface area contributed by atoms with Gasteiger partial charge in [0.15, 0.2) is 0 Å². The van der Waals surface area contributed by atoms with Crippen LogP contribution in [0.15, 0.2) is 79.0 Å². The van der Waals surface area contributed by atoms with Crippen molar-refractivity contribution >= 4 is 28.2 Å². The van der Waals surface area contributed by atoms with Crippen molar-refractivity contribution in [1.29, 1.82) is 0 Å². The summed E-state index contributed by atoms with van der Waals surface area (Å²) < 4.78 is 0. The Labute approximate surface area is 185 Å². The van der Waals surface area contributed by atoms with Crippen LogP contribution in [0.5, 0.6) is 0 Å². The fraction of sp³-hybridized carbons (Fsp3) is 0.160. The lowest BCUT2D eigenvalue weighted by Gasteiger charge is -2.20. The molecule has 7 heteroatoms. The molecular weight excluding hydrogens is 404 g/mol. The summed E-state index contributed by atoms with van der Waals surface area (Å²) >= 11 is 0. The number of nitro groups is 1. The van der Waals surface area contributed by atoms with Gasteiger partial charge < -0.3 is 15.2 Å². The minimum Gasteiger partial charge on any atom is -0.378 e. The number of H-pyrrole nitrogens is 1. The standard InChI is InChI=1S/C25H24N4O3/c1-28(2)18-13-11-17(12-14-18)21(22-16-26-23-9-5-3-7-19(22)23)15-27-25(30)20-8-4-6-10-24(20)29(31)32/h3-14,16,21,26H,15H2,1-2H3,(H,27,30). The van der Waals surface area contributed by atoms with Gasteiger partial charge in [-0.2, -0.15) is 0 Å². The number of anilines is 1. The molecule has 1 amide bonds. The number of amides is 1. The number of benzene rings is 3. The van der Waals surface area contributed by atoms with Gasteiger partial charge in [0, 0.05) is 55.4 Å². The Morgan fingerprint density at radius 3 is 2.44 bits per heavy atom. The Morgan fingerprint density at radius 1 is 1.03 bits per heavy atom. The minimum atomic E-state index is -0.536. The highest BCUT2D eigenvalue weighted by Gasteiger charge is 2.23. The molecule has 1 atom stereocenters. The van der Waals surface area contributed by atoms with Crippen LogP contribution in [0.1, 0.15) is 27.4 Å². The van der Waals surface area contributed by atoms with Gasteiger partial charge in [0.05, 0.1) is 4.92 Å². The summed E-state index contributed by atoms with van der Waals surface area (Å²) in [6.45, 7) is 0.300. The van der Waals surface area contributed by atoms with E-state index in [1.807, 2.05) is 61.6 Å². The molecule has 0 aliphatic heterocycles. The molecule has 2 N–H and O–H groups in total. The maximum Gasteiger partial charge on any atom is 0.282 e. The molecule has 1 unspecified atom stereocenters. The van der Waals surface area contributed by atoms with Gasteiger partial charge in [-0.3, -0.25) is 14.9 Å². The Balaban J connectivity index is 1.67. The molecular formula is C25H24N4O3. The summed E-state index contributed by atoms with van der Waals surface area (Å²) in [5.41, 5.74) is 4.05. The van der Waals surface area contributed by atoms with Crippen LogP contribution in [-0.2, 0) is 0 Å². The number of carbonyl (C=O) groups excluding carboxylic acids is 1. The molecule has 0 saturated carbocycles. The Bertz CT molecular complexity index is 1260. The summed E-state index contributed by atoms with van der Waals surface area (Å²) in [5.74, 6) is -0.596. The molecule has 0 aliphatic carbocycles. The second-order valence-electron chi connectivity index (χ2n) is 7.81. The van der Waals surface area contributed by atoms with E-state index >= 15 is 0 Å². The number of para-hydroxylation sites is 2. The Kier molecular flexibility index (Phi) is 5.89. The first-order valence-electron chi connectivity index (χ1n) is 10.3. The monoisotopic (exact) mass is 428 g/mol. The number of aromatic amines is 1. The van der Waals surface area contributed by atoms with E-state index in [-0.39, 0.29) is 17.2 Å². The zero-order valence-electron chi connectivity index (χ0n) is 17.9. The molecule has 4 aromatic rings. The van der Waals surface area contributed by atoms with Gasteiger partial charge in [-0.05, 0) is 35.4 Å². The lowest BCUT2D eigenvalue weighted by atomic mass is 9.90. The molecule has 3 aromatic carbocycles. The maximum atomic E-state index is 12.9. The molecule has 1 heterocycles. The summed E-state index contributed by atoms with van der Waals surface area (Å²) in [6, 6.07) is 22.2. The van der Waals surface area contributed by atoms with Crippen LogP contribution in [0.25, 0.3) is 10.9 Å². The summed E-state index contributed by atoms with van der Waals surface area (Å²) in [4.78, 5) is 29.0. The second kappa shape index (κ2) is 8.93. The van der Waals surface area contributed by atoms with E-state index in [1.165, 1.54) is 12.1 Å². The van der Waals surface area contributed by atoms with Crippen LogP contribution in [0.2, 0.25) is 0 Å². The lowest BCUT2D eigenvalue weighted by molar-refractivity contribution is -0.385. The van der Waals surface area contributed by atoms with Crippen molar-refractivity contribution in [2.24, 2.45) is 0 Å². The van der Waals surface area contributed by atoms with Gasteiger partial charge in [0.25, 0.3) is 11.6 Å². The molecule has 0 saturated heterocycles. The van der Waals surface area contributed by atoms with Gasteiger partial charge in [0.2, 0.25) is 0 Å². The summed E-state index contributed by atoms with van der Waals surface area (Å²) in [5, 5.41) is 15.3. The highest BCUT2D eigenvalue weighted by atomic mass is 16.6. The van der Waals surface area contributed by atoms with Crippen molar-refractivity contribution in [2.75, 3.05) is 25.5 Å². The molecule has 4 rings (SSSR count). The minimum absolute atomic E-state index is 0.0538. The number of hydrogen-bond acceptors (Lipinski definition) is 4. The van der Waals surface area contributed by atoms with Gasteiger partial charge in [-0.25, -0.2) is 0 Å². The molecule has 0 spiro atoms. The first-order valence-corrected chi connectivity index (χ1v) is 10.3. The third-order valence-electron chi connectivity index (χ3n) is 5.62. The van der Waals surface area contributed by atoms with Crippen LogP contribution >= 0.6 is 0 Å². The Morgan fingerprint density at radius 2 is 1.72 bits per heavy atom. The molecule has 0 fully saturated rings. The molecule has 0 aliphatic rings. The zero-order valence-corrected chi connectivity index (χ0v) is 17.9. The fourth-order valence-corrected chi connectivity index (χ4v) is 3.91. The largest absolute Gasteiger partial charge is 0.378 e. The SMILES string of the molecule is CN(C)c1ccc(C(CNC(=O)c2ccccc2[N+](=O)[O-])c2c[nH]c3ccccc23)cc1. The van der Waals surface area contributed by atoms with Crippen LogP contribution in [-0.4, -0.2) is 36.5 Å². The predicted molar refractivity (Wildman–Crippen MR) is 126 cm³/mol. The fourth-order valence-electron chi connectivity index (χ4n) is 3.91. The van der Waals surface area contributed by atoms with Crippen molar-refractivity contribution in [3.63, 3.8) is 0 Å². The van der Waals surface area contributed by atoms with E-state index in [1.54, 1.807) is 12.1 Å². The number of aromatic nitrogens is 1. The summed E-state index contributed by atoms with van der Waals surface area (Å²) in [7, 11) is 3.97. The third kappa shape index (κ3) is 4.18. The number of rotatable bonds is 7. The van der Waals surface area contributed by atoms with E-state index in [0.29, 0.717) is 6.54 Å². The van der Waals surface area contributed by atoms with E-state index in [4.69, 9.17) is 0 Å². The van der Waals surface area contributed by atoms with Crippen molar-refractivity contribution in [1.82, 2.24) is 10.3 Å².